The van der Waals surface area contributed by atoms with Gasteiger partial charge in [0.05, 0.1) is 19.1 Å². The van der Waals surface area contributed by atoms with E-state index in [9.17, 15) is 4.79 Å². The number of rotatable bonds is 7. The maximum absolute atomic E-state index is 11.8. The second kappa shape index (κ2) is 7.97. The van der Waals surface area contributed by atoms with Crippen molar-refractivity contribution >= 4 is 17.7 Å². The summed E-state index contributed by atoms with van der Waals surface area (Å²) < 4.78 is 16.1. The van der Waals surface area contributed by atoms with Crippen LogP contribution in [-0.4, -0.2) is 19.1 Å². The molecule has 1 aromatic heterocycles. The number of ketones is 1. The Bertz CT molecular complexity index is 852. The molecule has 0 radical (unpaired) electrons. The van der Waals surface area contributed by atoms with Crippen LogP contribution in [0.2, 0.25) is 0 Å². The second-order valence-corrected chi connectivity index (χ2v) is 5.16. The highest BCUT2D eigenvalue weighted by Crippen LogP contribution is 2.31. The molecule has 0 N–H and O–H groups in total. The van der Waals surface area contributed by atoms with Gasteiger partial charge >= 0.3 is 0 Å². The number of para-hydroxylation sites is 2. The van der Waals surface area contributed by atoms with Gasteiger partial charge in [-0.25, -0.2) is 0 Å². The smallest absolute Gasteiger partial charge is 0.203 e. The Morgan fingerprint density at radius 1 is 1.04 bits per heavy atom. The summed E-state index contributed by atoms with van der Waals surface area (Å²) in [7, 11) is 1.60. The Kier molecular flexibility index (Phi) is 5.26. The molecule has 126 valence electrons. The van der Waals surface area contributed by atoms with Crippen molar-refractivity contribution < 1.29 is 18.7 Å². The van der Waals surface area contributed by atoms with Crippen LogP contribution in [0.5, 0.6) is 17.2 Å². The summed E-state index contributed by atoms with van der Waals surface area (Å²) in [6, 6.07) is 18.0. The largest absolute Gasteiger partial charge is 0.493 e. The third kappa shape index (κ3) is 4.35. The van der Waals surface area contributed by atoms with Crippen molar-refractivity contribution in [2.45, 2.75) is 6.42 Å². The van der Waals surface area contributed by atoms with Crippen LogP contribution in [0.15, 0.2) is 76.3 Å². The third-order valence-corrected chi connectivity index (χ3v) is 3.45. The number of nitrogens with zero attached hydrogens (tertiary/aromatic N) is 1. The van der Waals surface area contributed by atoms with Gasteiger partial charge in [-0.2, -0.15) is 0 Å². The number of hydrogen-bond donors (Lipinski definition) is 0. The Morgan fingerprint density at radius 3 is 2.48 bits per heavy atom. The predicted octanol–water partition coefficient (Wildman–Crippen LogP) is 5.06. The van der Waals surface area contributed by atoms with Gasteiger partial charge in [-0.05, 0) is 48.5 Å². The maximum Gasteiger partial charge on any atom is 0.203 e. The minimum absolute atomic E-state index is 0.107. The quantitative estimate of drug-likeness (QED) is 0.447. The van der Waals surface area contributed by atoms with Gasteiger partial charge in [0.15, 0.2) is 17.3 Å². The molecule has 0 saturated carbocycles. The molecule has 3 rings (SSSR count). The second-order valence-electron chi connectivity index (χ2n) is 5.16. The van der Waals surface area contributed by atoms with E-state index in [1.54, 1.807) is 25.5 Å². The third-order valence-electron chi connectivity index (χ3n) is 3.45. The van der Waals surface area contributed by atoms with Gasteiger partial charge in [-0.1, -0.05) is 12.1 Å². The first kappa shape index (κ1) is 16.5. The van der Waals surface area contributed by atoms with E-state index in [-0.39, 0.29) is 12.2 Å². The van der Waals surface area contributed by atoms with Crippen molar-refractivity contribution in [3.05, 3.63) is 72.7 Å². The summed E-state index contributed by atoms with van der Waals surface area (Å²) in [4.78, 5) is 16.1. The molecule has 0 spiro atoms. The molecular formula is C20H17NO4. The SMILES string of the molecule is COc1ccccc1Oc1ccc(N=CCC(=O)c2ccco2)cc1. The van der Waals surface area contributed by atoms with Gasteiger partial charge in [0.2, 0.25) is 5.78 Å². The molecule has 2 aromatic carbocycles. The molecule has 0 aliphatic rings. The standard InChI is InChI=1S/C20H17NO4/c1-23-19-5-2-3-6-20(19)25-16-10-8-15(9-11-16)21-13-12-17(22)18-7-4-14-24-18/h2-11,13-14H,12H2,1H3. The van der Waals surface area contributed by atoms with Gasteiger partial charge in [-0.3, -0.25) is 9.79 Å². The van der Waals surface area contributed by atoms with Crippen LogP contribution in [0.4, 0.5) is 5.69 Å². The molecule has 5 nitrogen and oxygen atoms in total. The molecule has 5 heteroatoms. The molecule has 0 amide bonds. The van der Waals surface area contributed by atoms with E-state index >= 15 is 0 Å². The van der Waals surface area contributed by atoms with Crippen molar-refractivity contribution in [1.29, 1.82) is 0 Å². The average Bonchev–Trinajstić information content (AvgIpc) is 3.18. The summed E-state index contributed by atoms with van der Waals surface area (Å²) in [5.74, 6) is 2.22. The molecule has 0 aliphatic carbocycles. The van der Waals surface area contributed by atoms with Gasteiger partial charge in [0.25, 0.3) is 0 Å². The highest BCUT2D eigenvalue weighted by Gasteiger charge is 2.06. The fourth-order valence-corrected chi connectivity index (χ4v) is 2.20. The van der Waals surface area contributed by atoms with Crippen LogP contribution >= 0.6 is 0 Å². The zero-order valence-electron chi connectivity index (χ0n) is 13.7. The molecule has 0 saturated heterocycles. The topological polar surface area (TPSA) is 61.0 Å². The number of ether oxygens (including phenoxy) is 2. The summed E-state index contributed by atoms with van der Waals surface area (Å²) in [6.07, 6.45) is 3.23. The van der Waals surface area contributed by atoms with Crippen LogP contribution in [0.25, 0.3) is 0 Å². The van der Waals surface area contributed by atoms with Gasteiger partial charge in [0.1, 0.15) is 5.75 Å². The Morgan fingerprint density at radius 2 is 1.80 bits per heavy atom. The van der Waals surface area contributed by atoms with E-state index in [0.717, 1.165) is 5.69 Å². The van der Waals surface area contributed by atoms with Crippen molar-refractivity contribution in [2.75, 3.05) is 7.11 Å². The number of furan rings is 1. The first-order valence-electron chi connectivity index (χ1n) is 7.76. The molecule has 0 unspecified atom stereocenters. The van der Waals surface area contributed by atoms with E-state index in [1.807, 2.05) is 48.5 Å². The summed E-state index contributed by atoms with van der Waals surface area (Å²) in [5, 5.41) is 0. The van der Waals surface area contributed by atoms with Crippen molar-refractivity contribution in [2.24, 2.45) is 4.99 Å². The van der Waals surface area contributed by atoms with Crippen LogP contribution in [0.1, 0.15) is 17.0 Å². The first-order chi connectivity index (χ1) is 12.3. The van der Waals surface area contributed by atoms with Gasteiger partial charge < -0.3 is 13.9 Å². The first-order valence-corrected chi connectivity index (χ1v) is 7.76. The maximum atomic E-state index is 11.8. The number of hydrogen-bond acceptors (Lipinski definition) is 5. The van der Waals surface area contributed by atoms with Gasteiger partial charge in [0, 0.05) is 12.6 Å². The fourth-order valence-electron chi connectivity index (χ4n) is 2.20. The molecule has 25 heavy (non-hydrogen) atoms. The van der Waals surface area contributed by atoms with Crippen molar-refractivity contribution in [1.82, 2.24) is 0 Å². The average molecular weight is 335 g/mol. The molecular weight excluding hydrogens is 318 g/mol. The summed E-state index contributed by atoms with van der Waals surface area (Å²) in [5.41, 5.74) is 0.736. The number of carbonyl (C=O) groups excluding carboxylic acids is 1. The summed E-state index contributed by atoms with van der Waals surface area (Å²) in [6.45, 7) is 0. The minimum atomic E-state index is -0.107. The fraction of sp³-hybridized carbons (Fsp3) is 0.100. The Balaban J connectivity index is 1.60. The minimum Gasteiger partial charge on any atom is -0.493 e. The monoisotopic (exact) mass is 335 g/mol. The highest BCUT2D eigenvalue weighted by atomic mass is 16.5. The lowest BCUT2D eigenvalue weighted by Crippen LogP contribution is -1.96. The molecule has 0 aliphatic heterocycles. The number of carbonyl (C=O) groups is 1. The lowest BCUT2D eigenvalue weighted by Gasteiger charge is -2.09. The van der Waals surface area contributed by atoms with Crippen LogP contribution in [0, 0.1) is 0 Å². The van der Waals surface area contributed by atoms with E-state index < -0.39 is 0 Å². The number of benzene rings is 2. The number of Topliss-reactive ketones (excluding diaryl/α,β-unsaturated/α-hetero) is 1. The lowest BCUT2D eigenvalue weighted by atomic mass is 10.2. The molecule has 3 aromatic rings. The Labute approximate surface area is 145 Å². The van der Waals surface area contributed by atoms with Crippen LogP contribution in [0.3, 0.4) is 0 Å². The van der Waals surface area contributed by atoms with Crippen LogP contribution < -0.4 is 9.47 Å². The number of methoxy groups -OCH3 is 1. The molecule has 0 bridgehead atoms. The highest BCUT2D eigenvalue weighted by molar-refractivity contribution is 6.01. The summed E-state index contributed by atoms with van der Waals surface area (Å²) >= 11 is 0. The van der Waals surface area contributed by atoms with E-state index in [0.29, 0.717) is 23.0 Å². The van der Waals surface area contributed by atoms with E-state index in [1.165, 1.54) is 6.26 Å². The normalized spacial score (nSPS) is 10.8. The van der Waals surface area contributed by atoms with Crippen molar-refractivity contribution in [3.63, 3.8) is 0 Å². The predicted molar refractivity (Wildman–Crippen MR) is 95.3 cm³/mol. The number of aliphatic imine (C=N–C) groups is 1. The molecule has 0 atom stereocenters. The van der Waals surface area contributed by atoms with E-state index in [2.05, 4.69) is 4.99 Å². The van der Waals surface area contributed by atoms with E-state index in [4.69, 9.17) is 13.9 Å². The lowest BCUT2D eigenvalue weighted by molar-refractivity contribution is 0.0975. The van der Waals surface area contributed by atoms with Crippen LogP contribution in [-0.2, 0) is 0 Å². The zero-order valence-corrected chi connectivity index (χ0v) is 13.7. The molecule has 1 heterocycles. The Hall–Kier alpha value is -3.34. The zero-order chi connectivity index (χ0) is 17.5. The molecule has 0 fully saturated rings. The van der Waals surface area contributed by atoms with Gasteiger partial charge in [-0.15, -0.1) is 0 Å². The van der Waals surface area contributed by atoms with Crippen molar-refractivity contribution in [3.8, 4) is 17.2 Å².